The molecule has 1 unspecified atom stereocenters. The lowest BCUT2D eigenvalue weighted by Gasteiger charge is -2.19. The van der Waals surface area contributed by atoms with Crippen LogP contribution >= 0.6 is 27.7 Å². The molecule has 3 aromatic rings. The van der Waals surface area contributed by atoms with Gasteiger partial charge in [0.15, 0.2) is 11.9 Å². The van der Waals surface area contributed by atoms with Gasteiger partial charge >= 0.3 is 0 Å². The lowest BCUT2D eigenvalue weighted by Crippen LogP contribution is -2.17. The molecule has 8 heteroatoms. The van der Waals surface area contributed by atoms with E-state index in [0.717, 1.165) is 27.0 Å². The molecule has 0 bridgehead atoms. The average molecular weight is 433 g/mol. The number of rotatable bonds is 3. The third-order valence-electron chi connectivity index (χ3n) is 3.83. The van der Waals surface area contributed by atoms with Crippen LogP contribution in [0.25, 0.3) is 11.3 Å². The van der Waals surface area contributed by atoms with Gasteiger partial charge < -0.3 is 10.1 Å². The van der Waals surface area contributed by atoms with E-state index in [4.69, 9.17) is 4.74 Å². The maximum atomic E-state index is 13.3. The molecule has 1 aliphatic rings. The van der Waals surface area contributed by atoms with Crippen LogP contribution in [0.5, 0.6) is 5.88 Å². The zero-order valence-corrected chi connectivity index (χ0v) is 16.1. The Balaban J connectivity index is 1.84. The van der Waals surface area contributed by atoms with Gasteiger partial charge in [0, 0.05) is 21.3 Å². The number of halogens is 2. The number of fused-ring (bicyclic) bond motifs is 3. The van der Waals surface area contributed by atoms with Gasteiger partial charge in [-0.3, -0.25) is 0 Å². The van der Waals surface area contributed by atoms with Crippen LogP contribution in [0.15, 0.2) is 52.1 Å². The van der Waals surface area contributed by atoms with Crippen molar-refractivity contribution in [3.8, 4) is 17.1 Å². The summed E-state index contributed by atoms with van der Waals surface area (Å²) in [4.78, 5) is 4.52. The van der Waals surface area contributed by atoms with Crippen molar-refractivity contribution in [3.05, 3.63) is 58.3 Å². The van der Waals surface area contributed by atoms with Crippen molar-refractivity contribution < 1.29 is 9.13 Å². The lowest BCUT2D eigenvalue weighted by molar-refractivity contribution is 0.225. The van der Waals surface area contributed by atoms with Gasteiger partial charge in [0.05, 0.1) is 0 Å². The summed E-state index contributed by atoms with van der Waals surface area (Å²) in [7, 11) is 0. The SMILES string of the molecule is CCSc1nnc2c(n1)OC(c1ccc(F)cc1)Nc1ccc(Br)cc1-2. The van der Waals surface area contributed by atoms with Gasteiger partial charge in [0.2, 0.25) is 11.0 Å². The van der Waals surface area contributed by atoms with Gasteiger partial charge in [-0.2, -0.15) is 4.98 Å². The van der Waals surface area contributed by atoms with Crippen LogP contribution in [0.1, 0.15) is 18.7 Å². The summed E-state index contributed by atoms with van der Waals surface area (Å²) in [6.07, 6.45) is -0.520. The van der Waals surface area contributed by atoms with Gasteiger partial charge in [-0.1, -0.05) is 46.7 Å². The second kappa shape index (κ2) is 7.20. The molecule has 0 saturated heterocycles. The van der Waals surface area contributed by atoms with Gasteiger partial charge in [-0.25, -0.2) is 4.39 Å². The molecule has 0 fully saturated rings. The lowest BCUT2D eigenvalue weighted by atomic mass is 10.1. The fourth-order valence-electron chi connectivity index (χ4n) is 2.65. The first-order valence-electron chi connectivity index (χ1n) is 8.00. The molecule has 0 amide bonds. The van der Waals surface area contributed by atoms with Gasteiger partial charge in [0.25, 0.3) is 0 Å². The minimum absolute atomic E-state index is 0.294. The second-order valence-corrected chi connectivity index (χ2v) is 7.71. The zero-order chi connectivity index (χ0) is 18.1. The van der Waals surface area contributed by atoms with Crippen LogP contribution in [0, 0.1) is 5.82 Å². The van der Waals surface area contributed by atoms with E-state index in [1.54, 1.807) is 12.1 Å². The Morgan fingerprint density at radius 1 is 1.19 bits per heavy atom. The highest BCUT2D eigenvalue weighted by atomic mass is 79.9. The smallest absolute Gasteiger partial charge is 0.247 e. The van der Waals surface area contributed by atoms with Crippen LogP contribution < -0.4 is 10.1 Å². The molecule has 2 heterocycles. The maximum Gasteiger partial charge on any atom is 0.247 e. The molecule has 4 rings (SSSR count). The molecule has 0 spiro atoms. The average Bonchev–Trinajstić information content (AvgIpc) is 2.79. The largest absolute Gasteiger partial charge is 0.448 e. The minimum atomic E-state index is -0.520. The first-order valence-corrected chi connectivity index (χ1v) is 9.78. The number of nitrogens with one attached hydrogen (secondary N) is 1. The van der Waals surface area contributed by atoms with Crippen LogP contribution in [0.2, 0.25) is 0 Å². The maximum absolute atomic E-state index is 13.3. The number of nitrogens with zero attached hydrogens (tertiary/aromatic N) is 3. The summed E-state index contributed by atoms with van der Waals surface area (Å²) >= 11 is 4.99. The Bertz CT molecular complexity index is 954. The predicted molar refractivity (Wildman–Crippen MR) is 103 cm³/mol. The van der Waals surface area contributed by atoms with Crippen molar-refractivity contribution in [3.63, 3.8) is 0 Å². The Morgan fingerprint density at radius 3 is 2.77 bits per heavy atom. The van der Waals surface area contributed by atoms with E-state index in [-0.39, 0.29) is 5.82 Å². The highest BCUT2D eigenvalue weighted by molar-refractivity contribution is 9.10. The minimum Gasteiger partial charge on any atom is -0.448 e. The first-order chi connectivity index (χ1) is 12.6. The van der Waals surface area contributed by atoms with Crippen molar-refractivity contribution in [2.24, 2.45) is 0 Å². The highest BCUT2D eigenvalue weighted by Crippen LogP contribution is 2.40. The number of hydrogen-bond acceptors (Lipinski definition) is 6. The van der Waals surface area contributed by atoms with Crippen LogP contribution in [-0.4, -0.2) is 20.9 Å². The summed E-state index contributed by atoms with van der Waals surface area (Å²) in [5.74, 6) is 0.940. The monoisotopic (exact) mass is 432 g/mol. The quantitative estimate of drug-likeness (QED) is 0.583. The number of hydrogen-bond donors (Lipinski definition) is 1. The summed E-state index contributed by atoms with van der Waals surface area (Å²) in [5.41, 5.74) is 3.04. The van der Waals surface area contributed by atoms with Gasteiger partial charge in [0.1, 0.15) is 5.82 Å². The Labute approximate surface area is 162 Å². The molecule has 0 radical (unpaired) electrons. The van der Waals surface area contributed by atoms with Crippen molar-refractivity contribution in [2.45, 2.75) is 18.3 Å². The molecule has 132 valence electrons. The van der Waals surface area contributed by atoms with Crippen molar-refractivity contribution in [1.29, 1.82) is 0 Å². The fraction of sp³-hybridized carbons (Fsp3) is 0.167. The Morgan fingerprint density at radius 2 is 2.00 bits per heavy atom. The van der Waals surface area contributed by atoms with E-state index in [1.807, 2.05) is 25.1 Å². The van der Waals surface area contributed by atoms with Crippen LogP contribution in [0.4, 0.5) is 10.1 Å². The van der Waals surface area contributed by atoms with E-state index >= 15 is 0 Å². The topological polar surface area (TPSA) is 59.9 Å². The number of benzene rings is 2. The molecule has 1 N–H and O–H groups in total. The van der Waals surface area contributed by atoms with Crippen molar-refractivity contribution >= 4 is 33.4 Å². The summed E-state index contributed by atoms with van der Waals surface area (Å²) in [6.45, 7) is 2.02. The molecule has 1 atom stereocenters. The van der Waals surface area contributed by atoms with E-state index in [9.17, 15) is 4.39 Å². The van der Waals surface area contributed by atoms with E-state index < -0.39 is 6.23 Å². The van der Waals surface area contributed by atoms with Crippen LogP contribution in [0.3, 0.4) is 0 Å². The molecule has 5 nitrogen and oxygen atoms in total. The number of aromatic nitrogens is 3. The molecule has 0 aliphatic carbocycles. The van der Waals surface area contributed by atoms with E-state index in [2.05, 4.69) is 36.4 Å². The van der Waals surface area contributed by atoms with Crippen molar-refractivity contribution in [1.82, 2.24) is 15.2 Å². The van der Waals surface area contributed by atoms with E-state index in [1.165, 1.54) is 23.9 Å². The molecule has 1 aliphatic heterocycles. The zero-order valence-electron chi connectivity index (χ0n) is 13.7. The first kappa shape index (κ1) is 17.2. The Hall–Kier alpha value is -2.19. The normalized spacial score (nSPS) is 15.3. The Kier molecular flexibility index (Phi) is 4.78. The van der Waals surface area contributed by atoms with Gasteiger partial charge in [-0.05, 0) is 36.1 Å². The summed E-state index contributed by atoms with van der Waals surface area (Å²) in [6, 6.07) is 12.0. The number of thioether (sulfide) groups is 1. The standard InChI is InChI=1S/C18H14BrFN4OS/c1-2-26-18-22-17-15(23-24-18)13-9-11(19)5-8-14(13)21-16(25-17)10-3-6-12(20)7-4-10/h3-9,16,21H,2H2,1H3. The highest BCUT2D eigenvalue weighted by Gasteiger charge is 2.26. The summed E-state index contributed by atoms with van der Waals surface area (Å²) in [5, 5.41) is 12.4. The molecule has 26 heavy (non-hydrogen) atoms. The molecule has 2 aromatic carbocycles. The fourth-order valence-corrected chi connectivity index (χ4v) is 3.51. The molecule has 1 aromatic heterocycles. The van der Waals surface area contributed by atoms with Gasteiger partial charge in [-0.15, -0.1) is 10.2 Å². The number of anilines is 1. The van der Waals surface area contributed by atoms with Crippen LogP contribution in [-0.2, 0) is 0 Å². The number of ether oxygens (including phenoxy) is 1. The predicted octanol–water partition coefficient (Wildman–Crippen LogP) is 5.06. The third-order valence-corrected chi connectivity index (χ3v) is 5.05. The molecule has 0 saturated carbocycles. The van der Waals surface area contributed by atoms with E-state index in [0.29, 0.717) is 16.7 Å². The molecular weight excluding hydrogens is 419 g/mol. The van der Waals surface area contributed by atoms with Crippen molar-refractivity contribution in [2.75, 3.05) is 11.1 Å². The molecular formula is C18H14BrFN4OS. The third kappa shape index (κ3) is 3.39. The second-order valence-electron chi connectivity index (χ2n) is 5.56. The summed E-state index contributed by atoms with van der Waals surface area (Å²) < 4.78 is 20.3.